The van der Waals surface area contributed by atoms with Crippen molar-refractivity contribution in [1.82, 2.24) is 0 Å². The van der Waals surface area contributed by atoms with Crippen molar-refractivity contribution in [1.29, 1.82) is 0 Å². The van der Waals surface area contributed by atoms with Crippen molar-refractivity contribution < 1.29 is 23.1 Å². The average Bonchev–Trinajstić information content (AvgIpc) is 2.23. The quantitative estimate of drug-likeness (QED) is 0.857. The number of anilines is 1. The fourth-order valence-electron chi connectivity index (χ4n) is 1.67. The first-order valence-corrected chi connectivity index (χ1v) is 5.48. The molecule has 1 N–H and O–H groups in total. The van der Waals surface area contributed by atoms with Crippen molar-refractivity contribution in [2.45, 2.75) is 13.1 Å². The molecule has 0 unspecified atom stereocenters. The summed E-state index contributed by atoms with van der Waals surface area (Å²) in [7, 11) is 1.32. The third-order valence-electron chi connectivity index (χ3n) is 2.42. The molecule has 0 heterocycles. The number of benzene rings is 1. The van der Waals surface area contributed by atoms with Gasteiger partial charge in [0.25, 0.3) is 0 Å². The second-order valence-corrected chi connectivity index (χ2v) is 4.21. The van der Waals surface area contributed by atoms with E-state index in [-0.39, 0.29) is 0 Å². The highest BCUT2D eigenvalue weighted by atomic mass is 19.4. The van der Waals surface area contributed by atoms with Crippen LogP contribution in [0.15, 0.2) is 24.3 Å². The van der Waals surface area contributed by atoms with E-state index >= 15 is 0 Å². The van der Waals surface area contributed by atoms with E-state index in [9.17, 15) is 18.0 Å². The molecule has 104 valence electrons. The molecule has 0 aromatic heterocycles. The van der Waals surface area contributed by atoms with E-state index in [2.05, 4.69) is 0 Å². The Labute approximate surface area is 109 Å². The SMILES string of the molecule is Cc1ccc(N(C)CC(F)(F)F)c(/C=C/C(=O)O)c1. The highest BCUT2D eigenvalue weighted by molar-refractivity contribution is 5.87. The molecule has 1 rings (SSSR count). The van der Waals surface area contributed by atoms with Gasteiger partial charge < -0.3 is 10.0 Å². The summed E-state index contributed by atoms with van der Waals surface area (Å²) in [5.41, 5.74) is 1.61. The molecule has 6 heteroatoms. The molecule has 0 saturated carbocycles. The van der Waals surface area contributed by atoms with Crippen LogP contribution in [-0.2, 0) is 4.79 Å². The fourth-order valence-corrected chi connectivity index (χ4v) is 1.67. The van der Waals surface area contributed by atoms with Gasteiger partial charge in [0.2, 0.25) is 0 Å². The van der Waals surface area contributed by atoms with Crippen LogP contribution in [0.4, 0.5) is 18.9 Å². The lowest BCUT2D eigenvalue weighted by Gasteiger charge is -2.23. The van der Waals surface area contributed by atoms with Gasteiger partial charge in [-0.05, 0) is 30.7 Å². The summed E-state index contributed by atoms with van der Waals surface area (Å²) < 4.78 is 37.1. The van der Waals surface area contributed by atoms with E-state index in [0.29, 0.717) is 11.3 Å². The summed E-state index contributed by atoms with van der Waals surface area (Å²) in [6.07, 6.45) is -2.12. The maximum atomic E-state index is 12.4. The van der Waals surface area contributed by atoms with Gasteiger partial charge in [0.1, 0.15) is 6.54 Å². The molecule has 0 spiro atoms. The lowest BCUT2D eigenvalue weighted by Crippen LogP contribution is -2.31. The number of carboxylic acid groups (broad SMARTS) is 1. The molecule has 19 heavy (non-hydrogen) atoms. The summed E-state index contributed by atoms with van der Waals surface area (Å²) in [6, 6.07) is 4.87. The first-order valence-electron chi connectivity index (χ1n) is 5.48. The number of aliphatic carboxylic acids is 1. The maximum absolute atomic E-state index is 12.4. The highest BCUT2D eigenvalue weighted by Crippen LogP contribution is 2.26. The monoisotopic (exact) mass is 273 g/mol. The lowest BCUT2D eigenvalue weighted by molar-refractivity contribution is -0.131. The molecule has 0 radical (unpaired) electrons. The third-order valence-corrected chi connectivity index (χ3v) is 2.42. The number of aryl methyl sites for hydroxylation is 1. The predicted molar refractivity (Wildman–Crippen MR) is 67.2 cm³/mol. The number of carbonyl (C=O) groups is 1. The lowest BCUT2D eigenvalue weighted by atomic mass is 10.1. The molecule has 0 bridgehead atoms. The predicted octanol–water partition coefficient (Wildman–Crippen LogP) is 3.09. The van der Waals surface area contributed by atoms with Crippen LogP contribution >= 0.6 is 0 Å². The average molecular weight is 273 g/mol. The standard InChI is InChI=1S/C13H14F3NO2/c1-9-3-5-11(17(2)8-13(14,15)16)10(7-9)4-6-12(18)19/h3-7H,8H2,1-2H3,(H,18,19)/b6-4+. The van der Waals surface area contributed by atoms with Gasteiger partial charge >= 0.3 is 12.1 Å². The first kappa shape index (κ1) is 15.1. The minimum absolute atomic E-state index is 0.334. The van der Waals surface area contributed by atoms with E-state index in [1.165, 1.54) is 13.1 Å². The van der Waals surface area contributed by atoms with Crippen LogP contribution in [0, 0.1) is 6.92 Å². The summed E-state index contributed by atoms with van der Waals surface area (Å²) in [4.78, 5) is 11.5. The Kier molecular flexibility index (Phi) is 4.58. The Morgan fingerprint density at radius 3 is 2.58 bits per heavy atom. The van der Waals surface area contributed by atoms with Gasteiger partial charge in [0.05, 0.1) is 0 Å². The smallest absolute Gasteiger partial charge is 0.405 e. The second kappa shape index (κ2) is 5.77. The molecule has 0 saturated heterocycles. The molecule has 0 aliphatic rings. The van der Waals surface area contributed by atoms with Crippen molar-refractivity contribution in [3.05, 3.63) is 35.4 Å². The molecular weight excluding hydrogens is 259 g/mol. The van der Waals surface area contributed by atoms with E-state index < -0.39 is 18.7 Å². The highest BCUT2D eigenvalue weighted by Gasteiger charge is 2.29. The summed E-state index contributed by atoms with van der Waals surface area (Å²) in [6.45, 7) is 0.690. The van der Waals surface area contributed by atoms with Crippen LogP contribution in [-0.4, -0.2) is 30.8 Å². The van der Waals surface area contributed by atoms with Gasteiger partial charge in [-0.25, -0.2) is 4.79 Å². The number of rotatable bonds is 4. The summed E-state index contributed by atoms with van der Waals surface area (Å²) in [5, 5.41) is 8.58. The largest absolute Gasteiger partial charge is 0.478 e. The zero-order valence-electron chi connectivity index (χ0n) is 10.5. The topological polar surface area (TPSA) is 40.5 Å². The molecule has 1 aromatic carbocycles. The molecule has 0 atom stereocenters. The Morgan fingerprint density at radius 2 is 2.05 bits per heavy atom. The third kappa shape index (κ3) is 5.03. The van der Waals surface area contributed by atoms with Crippen molar-refractivity contribution >= 4 is 17.7 Å². The Morgan fingerprint density at radius 1 is 1.42 bits per heavy atom. The molecule has 0 amide bonds. The molecule has 0 aliphatic heterocycles. The Hall–Kier alpha value is -1.98. The van der Waals surface area contributed by atoms with Crippen LogP contribution in [0.5, 0.6) is 0 Å². The molecule has 1 aromatic rings. The van der Waals surface area contributed by atoms with Gasteiger partial charge in [-0.2, -0.15) is 13.2 Å². The number of nitrogens with zero attached hydrogens (tertiary/aromatic N) is 1. The van der Waals surface area contributed by atoms with Gasteiger partial charge in [-0.1, -0.05) is 11.6 Å². The minimum Gasteiger partial charge on any atom is -0.478 e. The van der Waals surface area contributed by atoms with Crippen molar-refractivity contribution in [2.75, 3.05) is 18.5 Å². The van der Waals surface area contributed by atoms with Crippen LogP contribution in [0.25, 0.3) is 6.08 Å². The maximum Gasteiger partial charge on any atom is 0.405 e. The molecule has 3 nitrogen and oxygen atoms in total. The normalized spacial score (nSPS) is 11.8. The van der Waals surface area contributed by atoms with E-state index in [0.717, 1.165) is 16.5 Å². The molecule has 0 aliphatic carbocycles. The van der Waals surface area contributed by atoms with Gasteiger partial charge in [-0.15, -0.1) is 0 Å². The van der Waals surface area contributed by atoms with Crippen molar-refractivity contribution in [2.24, 2.45) is 0 Å². The fraction of sp³-hybridized carbons (Fsp3) is 0.308. The summed E-state index contributed by atoms with van der Waals surface area (Å²) >= 11 is 0. The Bertz CT molecular complexity index is 495. The van der Waals surface area contributed by atoms with Crippen molar-refractivity contribution in [3.8, 4) is 0 Å². The number of alkyl halides is 3. The molecule has 0 fully saturated rings. The number of hydrogen-bond donors (Lipinski definition) is 1. The van der Waals surface area contributed by atoms with E-state index in [1.54, 1.807) is 25.1 Å². The zero-order valence-corrected chi connectivity index (χ0v) is 10.5. The van der Waals surface area contributed by atoms with Gasteiger partial charge in [0, 0.05) is 18.8 Å². The Balaban J connectivity index is 3.09. The first-order chi connectivity index (χ1) is 8.69. The minimum atomic E-state index is -4.31. The van der Waals surface area contributed by atoms with E-state index in [1.807, 2.05) is 0 Å². The van der Waals surface area contributed by atoms with Crippen LogP contribution in [0.3, 0.4) is 0 Å². The number of carboxylic acids is 1. The van der Waals surface area contributed by atoms with E-state index in [4.69, 9.17) is 5.11 Å². The molecular formula is C13H14F3NO2. The second-order valence-electron chi connectivity index (χ2n) is 4.21. The van der Waals surface area contributed by atoms with Crippen LogP contribution in [0.2, 0.25) is 0 Å². The van der Waals surface area contributed by atoms with Crippen LogP contribution < -0.4 is 4.90 Å². The number of hydrogen-bond acceptors (Lipinski definition) is 2. The van der Waals surface area contributed by atoms with Gasteiger partial charge in [0.15, 0.2) is 0 Å². The summed E-state index contributed by atoms with van der Waals surface area (Å²) in [5.74, 6) is -1.15. The zero-order chi connectivity index (χ0) is 14.6. The van der Waals surface area contributed by atoms with Crippen molar-refractivity contribution in [3.63, 3.8) is 0 Å². The number of halogens is 3. The van der Waals surface area contributed by atoms with Crippen LogP contribution in [0.1, 0.15) is 11.1 Å². The van der Waals surface area contributed by atoms with Gasteiger partial charge in [-0.3, -0.25) is 0 Å².